The van der Waals surface area contributed by atoms with E-state index in [1.54, 1.807) is 32.0 Å². The first-order valence-electron chi connectivity index (χ1n) is 6.97. The molecule has 0 saturated heterocycles. The van der Waals surface area contributed by atoms with Crippen LogP contribution in [0.1, 0.15) is 27.8 Å². The zero-order chi connectivity index (χ0) is 17.3. The SMILES string of the molecule is Cc1oc(C)c(C(=O)OCc2nnc(-c3ccccc3Cl)o2)c1Br. The van der Waals surface area contributed by atoms with Crippen LogP contribution in [-0.2, 0) is 11.3 Å². The quantitative estimate of drug-likeness (QED) is 0.578. The molecule has 0 radical (unpaired) electrons. The maximum Gasteiger partial charge on any atom is 0.343 e. The van der Waals surface area contributed by atoms with Crippen LogP contribution >= 0.6 is 27.5 Å². The van der Waals surface area contributed by atoms with E-state index in [0.29, 0.717) is 32.1 Å². The van der Waals surface area contributed by atoms with Gasteiger partial charge in [0.25, 0.3) is 5.89 Å². The average molecular weight is 412 g/mol. The molecule has 8 heteroatoms. The van der Waals surface area contributed by atoms with E-state index >= 15 is 0 Å². The number of carbonyl (C=O) groups excluding carboxylic acids is 1. The Morgan fingerprint density at radius 2 is 1.96 bits per heavy atom. The Morgan fingerprint density at radius 1 is 1.21 bits per heavy atom. The Balaban J connectivity index is 1.72. The van der Waals surface area contributed by atoms with Crippen molar-refractivity contribution in [2.24, 2.45) is 0 Å². The molecule has 0 fully saturated rings. The predicted molar refractivity (Wildman–Crippen MR) is 89.7 cm³/mol. The Labute approximate surface area is 150 Å². The number of carbonyl (C=O) groups is 1. The fourth-order valence-corrected chi connectivity index (χ4v) is 2.88. The lowest BCUT2D eigenvalue weighted by atomic mass is 10.2. The average Bonchev–Trinajstić information content (AvgIpc) is 3.11. The summed E-state index contributed by atoms with van der Waals surface area (Å²) in [5.41, 5.74) is 0.964. The number of esters is 1. The van der Waals surface area contributed by atoms with Crippen LogP contribution in [0, 0.1) is 13.8 Å². The van der Waals surface area contributed by atoms with E-state index in [2.05, 4.69) is 26.1 Å². The molecule has 0 atom stereocenters. The van der Waals surface area contributed by atoms with Gasteiger partial charge in [0.15, 0.2) is 6.61 Å². The van der Waals surface area contributed by atoms with Gasteiger partial charge in [0, 0.05) is 0 Å². The molecule has 0 amide bonds. The molecule has 124 valence electrons. The topological polar surface area (TPSA) is 78.4 Å². The van der Waals surface area contributed by atoms with Gasteiger partial charge in [0.2, 0.25) is 5.89 Å². The number of halogens is 2. The second-order valence-corrected chi connectivity index (χ2v) is 6.16. The summed E-state index contributed by atoms with van der Waals surface area (Å²) in [7, 11) is 0. The van der Waals surface area contributed by atoms with E-state index in [0.717, 1.165) is 0 Å². The van der Waals surface area contributed by atoms with Crippen LogP contribution < -0.4 is 0 Å². The molecule has 0 N–H and O–H groups in total. The molecule has 0 bridgehead atoms. The maximum absolute atomic E-state index is 12.2. The molecule has 6 nitrogen and oxygen atoms in total. The van der Waals surface area contributed by atoms with Crippen molar-refractivity contribution in [3.63, 3.8) is 0 Å². The molecule has 0 saturated carbocycles. The summed E-state index contributed by atoms with van der Waals surface area (Å²) >= 11 is 9.39. The molecular weight excluding hydrogens is 400 g/mol. The second kappa shape index (κ2) is 6.78. The molecule has 1 aromatic carbocycles. The Morgan fingerprint density at radius 3 is 2.62 bits per heavy atom. The number of aryl methyl sites for hydroxylation is 2. The highest BCUT2D eigenvalue weighted by Crippen LogP contribution is 2.29. The summed E-state index contributed by atoms with van der Waals surface area (Å²) in [6, 6.07) is 7.10. The standard InChI is InChI=1S/C16H12BrClN2O4/c1-8-13(14(17)9(2)23-8)16(21)22-7-12-19-20-15(24-12)10-5-3-4-6-11(10)18/h3-6H,7H2,1-2H3. The maximum atomic E-state index is 12.2. The molecule has 3 rings (SSSR count). The lowest BCUT2D eigenvalue weighted by Gasteiger charge is -2.01. The summed E-state index contributed by atoms with van der Waals surface area (Å²) in [5.74, 6) is 0.994. The summed E-state index contributed by atoms with van der Waals surface area (Å²) in [4.78, 5) is 12.2. The summed E-state index contributed by atoms with van der Waals surface area (Å²) in [5, 5.41) is 8.28. The number of benzene rings is 1. The van der Waals surface area contributed by atoms with Crippen molar-refractivity contribution in [2.75, 3.05) is 0 Å². The highest BCUT2D eigenvalue weighted by Gasteiger charge is 2.22. The molecule has 0 unspecified atom stereocenters. The summed E-state index contributed by atoms with van der Waals surface area (Å²) < 4.78 is 16.6. The van der Waals surface area contributed by atoms with Crippen LogP contribution in [0.5, 0.6) is 0 Å². The van der Waals surface area contributed by atoms with E-state index in [4.69, 9.17) is 25.2 Å². The van der Waals surface area contributed by atoms with Gasteiger partial charge in [0.05, 0.1) is 15.1 Å². The monoisotopic (exact) mass is 410 g/mol. The van der Waals surface area contributed by atoms with Crippen molar-refractivity contribution in [3.05, 3.63) is 56.7 Å². The van der Waals surface area contributed by atoms with Crippen molar-refractivity contribution in [1.29, 1.82) is 0 Å². The number of hydrogen-bond donors (Lipinski definition) is 0. The van der Waals surface area contributed by atoms with E-state index in [1.165, 1.54) is 0 Å². The van der Waals surface area contributed by atoms with Crippen LogP contribution in [-0.4, -0.2) is 16.2 Å². The first kappa shape index (κ1) is 16.7. The third-order valence-corrected chi connectivity index (χ3v) is 4.57. The van der Waals surface area contributed by atoms with E-state index in [9.17, 15) is 4.79 Å². The van der Waals surface area contributed by atoms with Gasteiger partial charge in [-0.05, 0) is 41.9 Å². The van der Waals surface area contributed by atoms with Crippen LogP contribution in [0.4, 0.5) is 0 Å². The minimum Gasteiger partial charge on any atom is -0.465 e. The number of aromatic nitrogens is 2. The van der Waals surface area contributed by atoms with Crippen LogP contribution in [0.15, 0.2) is 37.6 Å². The second-order valence-electron chi connectivity index (χ2n) is 4.96. The van der Waals surface area contributed by atoms with Gasteiger partial charge in [-0.15, -0.1) is 10.2 Å². The lowest BCUT2D eigenvalue weighted by Crippen LogP contribution is -2.06. The predicted octanol–water partition coefficient (Wildman–Crippen LogP) is 4.72. The van der Waals surface area contributed by atoms with Crippen molar-refractivity contribution in [2.45, 2.75) is 20.5 Å². The van der Waals surface area contributed by atoms with E-state index in [1.807, 2.05) is 6.07 Å². The molecule has 0 spiro atoms. The van der Waals surface area contributed by atoms with Gasteiger partial charge in [-0.2, -0.15) is 0 Å². The Bertz CT molecular complexity index is 903. The van der Waals surface area contributed by atoms with Gasteiger partial charge >= 0.3 is 5.97 Å². The lowest BCUT2D eigenvalue weighted by molar-refractivity contribution is 0.0435. The molecule has 0 aliphatic heterocycles. The van der Waals surface area contributed by atoms with Crippen molar-refractivity contribution in [3.8, 4) is 11.5 Å². The number of rotatable bonds is 4. The number of nitrogens with zero attached hydrogens (tertiary/aromatic N) is 2. The first-order chi connectivity index (χ1) is 11.5. The number of ether oxygens (including phenoxy) is 1. The van der Waals surface area contributed by atoms with Crippen LogP contribution in [0.25, 0.3) is 11.5 Å². The number of furan rings is 1. The molecule has 24 heavy (non-hydrogen) atoms. The number of hydrogen-bond acceptors (Lipinski definition) is 6. The smallest absolute Gasteiger partial charge is 0.343 e. The van der Waals surface area contributed by atoms with Gasteiger partial charge in [-0.3, -0.25) is 0 Å². The summed E-state index contributed by atoms with van der Waals surface area (Å²) in [6.07, 6.45) is 0. The van der Waals surface area contributed by atoms with Gasteiger partial charge in [-0.25, -0.2) is 4.79 Å². The first-order valence-corrected chi connectivity index (χ1v) is 8.14. The van der Waals surface area contributed by atoms with E-state index < -0.39 is 5.97 Å². The normalized spacial score (nSPS) is 10.8. The zero-order valence-corrected chi connectivity index (χ0v) is 15.1. The van der Waals surface area contributed by atoms with Crippen molar-refractivity contribution >= 4 is 33.5 Å². The fourth-order valence-electron chi connectivity index (χ4n) is 2.14. The fraction of sp³-hybridized carbons (Fsp3) is 0.188. The van der Waals surface area contributed by atoms with Crippen molar-refractivity contribution in [1.82, 2.24) is 10.2 Å². The third kappa shape index (κ3) is 3.22. The van der Waals surface area contributed by atoms with Crippen LogP contribution in [0.3, 0.4) is 0 Å². The summed E-state index contributed by atoms with van der Waals surface area (Å²) in [6.45, 7) is 3.30. The molecule has 2 aromatic heterocycles. The largest absolute Gasteiger partial charge is 0.465 e. The van der Waals surface area contributed by atoms with Gasteiger partial charge < -0.3 is 13.6 Å². The van der Waals surface area contributed by atoms with Crippen molar-refractivity contribution < 1.29 is 18.4 Å². The Hall–Kier alpha value is -2.12. The molecule has 0 aliphatic carbocycles. The minimum absolute atomic E-state index is 0.146. The zero-order valence-electron chi connectivity index (χ0n) is 12.8. The van der Waals surface area contributed by atoms with Gasteiger partial charge in [-0.1, -0.05) is 23.7 Å². The van der Waals surface area contributed by atoms with Crippen LogP contribution in [0.2, 0.25) is 5.02 Å². The minimum atomic E-state index is -0.534. The van der Waals surface area contributed by atoms with Gasteiger partial charge in [0.1, 0.15) is 17.1 Å². The highest BCUT2D eigenvalue weighted by molar-refractivity contribution is 9.10. The highest BCUT2D eigenvalue weighted by atomic mass is 79.9. The molecule has 2 heterocycles. The molecule has 3 aromatic rings. The Kier molecular flexibility index (Phi) is 4.73. The molecule has 0 aliphatic rings. The van der Waals surface area contributed by atoms with E-state index in [-0.39, 0.29) is 18.4 Å². The molecular formula is C16H12BrClN2O4. The third-order valence-electron chi connectivity index (χ3n) is 3.29.